The zero-order valence-corrected chi connectivity index (χ0v) is 12.3. The molecule has 0 bridgehead atoms. The number of benzene rings is 3. The first-order valence-electron chi connectivity index (χ1n) is 6.92. The van der Waals surface area contributed by atoms with Gasteiger partial charge >= 0.3 is 0 Å². The SMILES string of the molecule is CC1(C)c2ccccc2-c2c(Cl)cc3ccccc3c21. The van der Waals surface area contributed by atoms with Gasteiger partial charge < -0.3 is 0 Å². The van der Waals surface area contributed by atoms with Crippen LogP contribution in [0.3, 0.4) is 0 Å². The molecule has 0 saturated heterocycles. The Morgan fingerprint density at radius 1 is 0.900 bits per heavy atom. The van der Waals surface area contributed by atoms with Gasteiger partial charge in [0.05, 0.1) is 0 Å². The number of fused-ring (bicyclic) bond motifs is 5. The van der Waals surface area contributed by atoms with Crippen LogP contribution in [0.1, 0.15) is 25.0 Å². The number of rotatable bonds is 0. The lowest BCUT2D eigenvalue weighted by Crippen LogP contribution is -2.15. The van der Waals surface area contributed by atoms with Crippen LogP contribution in [-0.4, -0.2) is 0 Å². The van der Waals surface area contributed by atoms with E-state index in [1.54, 1.807) is 0 Å². The van der Waals surface area contributed by atoms with Crippen LogP contribution in [-0.2, 0) is 5.41 Å². The molecule has 0 heterocycles. The first-order chi connectivity index (χ1) is 9.60. The molecular weight excluding hydrogens is 264 g/mol. The van der Waals surface area contributed by atoms with E-state index in [9.17, 15) is 0 Å². The summed E-state index contributed by atoms with van der Waals surface area (Å²) in [5, 5.41) is 3.39. The molecule has 0 saturated carbocycles. The third-order valence-electron chi connectivity index (χ3n) is 4.50. The highest BCUT2D eigenvalue weighted by atomic mass is 35.5. The van der Waals surface area contributed by atoms with E-state index in [4.69, 9.17) is 11.6 Å². The molecule has 0 atom stereocenters. The van der Waals surface area contributed by atoms with Gasteiger partial charge in [0.1, 0.15) is 0 Å². The highest BCUT2D eigenvalue weighted by molar-refractivity contribution is 6.35. The quantitative estimate of drug-likeness (QED) is 0.487. The molecule has 0 fully saturated rings. The molecule has 0 radical (unpaired) electrons. The van der Waals surface area contributed by atoms with Gasteiger partial charge in [-0.15, -0.1) is 0 Å². The number of hydrogen-bond acceptors (Lipinski definition) is 0. The lowest BCUT2D eigenvalue weighted by Gasteiger charge is -2.23. The maximum Gasteiger partial charge on any atom is 0.0494 e. The van der Waals surface area contributed by atoms with E-state index < -0.39 is 0 Å². The minimum absolute atomic E-state index is 0.00354. The minimum atomic E-state index is -0.00354. The highest BCUT2D eigenvalue weighted by Gasteiger charge is 2.37. The van der Waals surface area contributed by atoms with Crippen molar-refractivity contribution < 1.29 is 0 Å². The summed E-state index contributed by atoms with van der Waals surface area (Å²) in [5.74, 6) is 0. The average molecular weight is 279 g/mol. The number of hydrogen-bond donors (Lipinski definition) is 0. The van der Waals surface area contributed by atoms with Crippen LogP contribution in [0.5, 0.6) is 0 Å². The monoisotopic (exact) mass is 278 g/mol. The predicted molar refractivity (Wildman–Crippen MR) is 86.5 cm³/mol. The maximum atomic E-state index is 6.60. The summed E-state index contributed by atoms with van der Waals surface area (Å²) in [6.45, 7) is 4.58. The third kappa shape index (κ3) is 1.38. The number of halogens is 1. The van der Waals surface area contributed by atoms with Gasteiger partial charge in [0.2, 0.25) is 0 Å². The van der Waals surface area contributed by atoms with E-state index in [-0.39, 0.29) is 5.41 Å². The Balaban J connectivity index is 2.25. The van der Waals surface area contributed by atoms with Crippen molar-refractivity contribution in [1.82, 2.24) is 0 Å². The van der Waals surface area contributed by atoms with E-state index in [0.29, 0.717) is 0 Å². The lowest BCUT2D eigenvalue weighted by molar-refractivity contribution is 0.666. The Morgan fingerprint density at radius 3 is 2.45 bits per heavy atom. The van der Waals surface area contributed by atoms with Crippen molar-refractivity contribution in [2.75, 3.05) is 0 Å². The van der Waals surface area contributed by atoms with Crippen LogP contribution in [0.4, 0.5) is 0 Å². The van der Waals surface area contributed by atoms with Crippen molar-refractivity contribution in [3.05, 3.63) is 70.7 Å². The third-order valence-corrected chi connectivity index (χ3v) is 4.79. The Morgan fingerprint density at radius 2 is 1.60 bits per heavy atom. The molecule has 1 heteroatoms. The topological polar surface area (TPSA) is 0 Å². The van der Waals surface area contributed by atoms with Crippen LogP contribution in [0.25, 0.3) is 21.9 Å². The van der Waals surface area contributed by atoms with Gasteiger partial charge in [0.15, 0.2) is 0 Å². The summed E-state index contributed by atoms with van der Waals surface area (Å²) in [6, 6.07) is 19.2. The molecule has 3 aromatic rings. The molecule has 0 unspecified atom stereocenters. The second-order valence-corrected chi connectivity index (χ2v) is 6.41. The molecule has 0 spiro atoms. The van der Waals surface area contributed by atoms with Gasteiger partial charge in [0, 0.05) is 16.0 Å². The van der Waals surface area contributed by atoms with Crippen LogP contribution in [0, 0.1) is 0 Å². The van der Waals surface area contributed by atoms with E-state index >= 15 is 0 Å². The summed E-state index contributed by atoms with van der Waals surface area (Å²) in [4.78, 5) is 0. The fourth-order valence-electron chi connectivity index (χ4n) is 3.61. The van der Waals surface area contributed by atoms with Gasteiger partial charge in [0.25, 0.3) is 0 Å². The summed E-state index contributed by atoms with van der Waals surface area (Å²) in [7, 11) is 0. The smallest absolute Gasteiger partial charge is 0.0494 e. The minimum Gasteiger partial charge on any atom is -0.0836 e. The molecule has 0 N–H and O–H groups in total. The molecule has 98 valence electrons. The van der Waals surface area contributed by atoms with E-state index in [1.165, 1.54) is 33.0 Å². The lowest BCUT2D eigenvalue weighted by atomic mass is 9.80. The van der Waals surface area contributed by atoms with E-state index in [2.05, 4.69) is 68.4 Å². The second-order valence-electron chi connectivity index (χ2n) is 6.00. The fourth-order valence-corrected chi connectivity index (χ4v) is 3.92. The molecule has 3 aromatic carbocycles. The molecule has 0 amide bonds. The molecule has 1 aliphatic rings. The molecule has 0 aromatic heterocycles. The summed E-state index contributed by atoms with van der Waals surface area (Å²) >= 11 is 6.60. The molecule has 0 aliphatic heterocycles. The van der Waals surface area contributed by atoms with Crippen molar-refractivity contribution in [3.63, 3.8) is 0 Å². The van der Waals surface area contributed by atoms with Gasteiger partial charge in [-0.1, -0.05) is 74.0 Å². The maximum absolute atomic E-state index is 6.60. The van der Waals surface area contributed by atoms with E-state index in [1.807, 2.05) is 0 Å². The first-order valence-corrected chi connectivity index (χ1v) is 7.30. The molecule has 1 aliphatic carbocycles. The average Bonchev–Trinajstić information content (AvgIpc) is 2.69. The van der Waals surface area contributed by atoms with Gasteiger partial charge in [-0.05, 0) is 33.5 Å². The summed E-state index contributed by atoms with van der Waals surface area (Å²) < 4.78 is 0. The first kappa shape index (κ1) is 12.0. The standard InChI is InChI=1S/C19H15Cl/c1-19(2)15-10-6-5-9-14(15)17-16(20)11-12-7-3-4-8-13(12)18(17)19/h3-11H,1-2H3. The molecular formula is C19H15Cl. The highest BCUT2D eigenvalue weighted by Crippen LogP contribution is 2.53. The van der Waals surface area contributed by atoms with Crippen LogP contribution >= 0.6 is 11.6 Å². The predicted octanol–water partition coefficient (Wildman–Crippen LogP) is 5.80. The Bertz CT molecular complexity index is 844. The van der Waals surface area contributed by atoms with Crippen molar-refractivity contribution in [3.8, 4) is 11.1 Å². The van der Waals surface area contributed by atoms with Crippen molar-refractivity contribution in [2.24, 2.45) is 0 Å². The van der Waals surface area contributed by atoms with Crippen molar-refractivity contribution in [2.45, 2.75) is 19.3 Å². The molecule has 4 rings (SSSR count). The molecule has 20 heavy (non-hydrogen) atoms. The Kier molecular flexibility index (Phi) is 2.32. The summed E-state index contributed by atoms with van der Waals surface area (Å²) in [6.07, 6.45) is 0. The van der Waals surface area contributed by atoms with Gasteiger partial charge in [-0.3, -0.25) is 0 Å². The Hall–Kier alpha value is -1.79. The summed E-state index contributed by atoms with van der Waals surface area (Å²) in [5.41, 5.74) is 5.22. The van der Waals surface area contributed by atoms with Crippen LogP contribution in [0.15, 0.2) is 54.6 Å². The van der Waals surface area contributed by atoms with Crippen LogP contribution in [0.2, 0.25) is 5.02 Å². The zero-order chi connectivity index (χ0) is 13.9. The second kappa shape index (κ2) is 3.86. The van der Waals surface area contributed by atoms with Crippen LogP contribution < -0.4 is 0 Å². The van der Waals surface area contributed by atoms with Crippen molar-refractivity contribution >= 4 is 22.4 Å². The largest absolute Gasteiger partial charge is 0.0836 e. The normalized spacial score (nSPS) is 15.2. The van der Waals surface area contributed by atoms with Gasteiger partial charge in [-0.2, -0.15) is 0 Å². The van der Waals surface area contributed by atoms with Crippen molar-refractivity contribution in [1.29, 1.82) is 0 Å². The zero-order valence-electron chi connectivity index (χ0n) is 11.6. The van der Waals surface area contributed by atoms with E-state index in [0.717, 1.165) is 5.02 Å². The molecule has 0 nitrogen and oxygen atoms in total. The Labute approximate surface area is 124 Å². The van der Waals surface area contributed by atoms with Gasteiger partial charge in [-0.25, -0.2) is 0 Å². The fraction of sp³-hybridized carbons (Fsp3) is 0.158.